The summed E-state index contributed by atoms with van der Waals surface area (Å²) in [6, 6.07) is 7.74. The largest absolute Gasteiger partial charge is 0.388 e. The molecule has 2 saturated heterocycles. The van der Waals surface area contributed by atoms with Gasteiger partial charge < -0.3 is 25.8 Å². The lowest BCUT2D eigenvalue weighted by Gasteiger charge is -2.30. The van der Waals surface area contributed by atoms with E-state index in [4.69, 9.17) is 4.74 Å². The van der Waals surface area contributed by atoms with E-state index in [1.807, 2.05) is 18.2 Å². The number of hydrogen-bond donors (Lipinski definition) is 4. The number of hydrogen-bond acceptors (Lipinski definition) is 8. The van der Waals surface area contributed by atoms with E-state index in [9.17, 15) is 9.90 Å². The lowest BCUT2D eigenvalue weighted by atomic mass is 9.98. The average Bonchev–Trinajstić information content (AvgIpc) is 3.42. The first-order chi connectivity index (χ1) is 14.5. The first-order valence-corrected chi connectivity index (χ1v) is 10.6. The summed E-state index contributed by atoms with van der Waals surface area (Å²) >= 11 is 2.28. The molecule has 4 heterocycles. The Morgan fingerprint density at radius 3 is 3.10 bits per heavy atom. The molecule has 1 amide bonds. The fraction of sp³-hybridized carbons (Fsp3) is 0.368. The Labute approximate surface area is 185 Å². The Kier molecular flexibility index (Phi) is 4.84. The van der Waals surface area contributed by atoms with Crippen LogP contribution in [0.15, 0.2) is 36.9 Å². The van der Waals surface area contributed by atoms with Gasteiger partial charge >= 0.3 is 0 Å². The number of halogens is 1. The molecule has 2 bridgehead atoms. The predicted octanol–water partition coefficient (Wildman–Crippen LogP) is 0.389. The third kappa shape index (κ3) is 2.95. The van der Waals surface area contributed by atoms with Crippen molar-refractivity contribution in [2.45, 2.75) is 30.5 Å². The number of aliphatic hydroxyl groups is 1. The summed E-state index contributed by atoms with van der Waals surface area (Å²) in [5.74, 6) is 0.252. The van der Waals surface area contributed by atoms with Gasteiger partial charge in [0.25, 0.3) is 5.91 Å². The molecule has 11 heteroatoms. The van der Waals surface area contributed by atoms with Gasteiger partial charge in [-0.1, -0.05) is 12.1 Å². The van der Waals surface area contributed by atoms with E-state index < -0.39 is 24.0 Å². The maximum absolute atomic E-state index is 12.4. The number of fused-ring (bicyclic) bond motifs is 3. The molecular weight excluding hydrogens is 501 g/mol. The van der Waals surface area contributed by atoms with Crippen molar-refractivity contribution < 1.29 is 14.6 Å². The van der Waals surface area contributed by atoms with Crippen molar-refractivity contribution in [3.63, 3.8) is 0 Å². The second-order valence-corrected chi connectivity index (χ2v) is 8.60. The first kappa shape index (κ1) is 19.6. The van der Waals surface area contributed by atoms with Gasteiger partial charge in [-0.25, -0.2) is 15.0 Å². The number of likely N-dealkylation sites (N-methyl/N-ethyl adjacent to an activating group) is 1. The van der Waals surface area contributed by atoms with Crippen molar-refractivity contribution in [1.29, 1.82) is 0 Å². The molecule has 0 aliphatic carbocycles. The van der Waals surface area contributed by atoms with E-state index in [-0.39, 0.29) is 12.5 Å². The lowest BCUT2D eigenvalue weighted by molar-refractivity contribution is -0.158. The smallest absolute Gasteiger partial charge is 0.256 e. The zero-order chi connectivity index (χ0) is 20.9. The molecule has 0 radical (unpaired) electrons. The summed E-state index contributed by atoms with van der Waals surface area (Å²) in [5, 5.41) is 19.8. The number of aliphatic hydroxyl groups excluding tert-OH is 1. The van der Waals surface area contributed by atoms with Crippen LogP contribution >= 0.6 is 22.6 Å². The highest BCUT2D eigenvalue weighted by atomic mass is 127. The topological polar surface area (TPSA) is 126 Å². The molecule has 1 aromatic carbocycles. The number of carbonyl (C=O) groups is 1. The first-order valence-electron chi connectivity index (χ1n) is 9.51. The second kappa shape index (κ2) is 7.41. The summed E-state index contributed by atoms with van der Waals surface area (Å²) in [7, 11) is 1.53. The van der Waals surface area contributed by atoms with Crippen LogP contribution in [-0.2, 0) is 16.1 Å². The zero-order valence-electron chi connectivity index (χ0n) is 16.0. The van der Waals surface area contributed by atoms with E-state index in [2.05, 4.69) is 59.6 Å². The number of benzene rings is 1. The van der Waals surface area contributed by atoms with Crippen molar-refractivity contribution >= 4 is 45.5 Å². The molecule has 2 aliphatic heterocycles. The van der Waals surface area contributed by atoms with Crippen LogP contribution in [0.4, 0.5) is 5.82 Å². The molecule has 5 rings (SSSR count). The summed E-state index contributed by atoms with van der Waals surface area (Å²) in [4.78, 5) is 25.6. The van der Waals surface area contributed by atoms with Crippen LogP contribution < -0.4 is 16.0 Å². The van der Waals surface area contributed by atoms with Crippen molar-refractivity contribution in [3.05, 3.63) is 46.1 Å². The molecule has 10 nitrogen and oxygen atoms in total. The third-order valence-corrected chi connectivity index (χ3v) is 6.32. The summed E-state index contributed by atoms with van der Waals surface area (Å²) in [6.45, 7) is 0.845. The van der Waals surface area contributed by atoms with Crippen LogP contribution in [0.2, 0.25) is 0 Å². The monoisotopic (exact) mass is 521 g/mol. The van der Waals surface area contributed by atoms with E-state index in [1.165, 1.54) is 13.4 Å². The maximum atomic E-state index is 12.4. The Balaban J connectivity index is 1.44. The van der Waals surface area contributed by atoms with Gasteiger partial charge in [-0.2, -0.15) is 0 Å². The maximum Gasteiger partial charge on any atom is 0.256 e. The van der Waals surface area contributed by atoms with Gasteiger partial charge in [0.1, 0.15) is 12.4 Å². The lowest BCUT2D eigenvalue weighted by Crippen LogP contribution is -2.54. The minimum Gasteiger partial charge on any atom is -0.388 e. The number of rotatable bonds is 5. The SMILES string of the molecule is CNC(=O)[C@@]12CN[C@@H](C1O)[C@H](n1cnc3c(NCc4cccc(I)c4)ncnc31)O2. The molecule has 2 aromatic heterocycles. The Bertz CT molecular complexity index is 1120. The van der Waals surface area contributed by atoms with Gasteiger partial charge in [-0.15, -0.1) is 0 Å². The highest BCUT2D eigenvalue weighted by Crippen LogP contribution is 2.42. The van der Waals surface area contributed by atoms with Crippen LogP contribution in [0.25, 0.3) is 11.2 Å². The molecule has 2 aliphatic rings. The van der Waals surface area contributed by atoms with Crippen molar-refractivity contribution in [2.75, 3.05) is 18.9 Å². The number of amides is 1. The molecule has 2 fully saturated rings. The number of nitrogens with zero attached hydrogens (tertiary/aromatic N) is 4. The normalized spacial score (nSPS) is 27.5. The molecule has 0 saturated carbocycles. The fourth-order valence-corrected chi connectivity index (χ4v) is 4.75. The van der Waals surface area contributed by atoms with E-state index >= 15 is 0 Å². The van der Waals surface area contributed by atoms with Crippen LogP contribution in [0.5, 0.6) is 0 Å². The zero-order valence-corrected chi connectivity index (χ0v) is 18.2. The minimum atomic E-state index is -1.32. The van der Waals surface area contributed by atoms with Gasteiger partial charge in [-0.3, -0.25) is 9.36 Å². The van der Waals surface area contributed by atoms with Crippen molar-refractivity contribution in [2.24, 2.45) is 0 Å². The minimum absolute atomic E-state index is 0.249. The average molecular weight is 521 g/mol. The Morgan fingerprint density at radius 2 is 2.30 bits per heavy atom. The van der Waals surface area contributed by atoms with Gasteiger partial charge in [0.15, 0.2) is 28.8 Å². The molecule has 1 unspecified atom stereocenters. The third-order valence-electron chi connectivity index (χ3n) is 5.65. The number of carbonyl (C=O) groups excluding carboxylic acids is 1. The van der Waals surface area contributed by atoms with Crippen LogP contribution in [-0.4, -0.2) is 61.9 Å². The Morgan fingerprint density at radius 1 is 1.43 bits per heavy atom. The molecule has 30 heavy (non-hydrogen) atoms. The quantitative estimate of drug-likeness (QED) is 0.356. The number of morpholine rings is 1. The van der Waals surface area contributed by atoms with Gasteiger partial charge in [0.2, 0.25) is 0 Å². The van der Waals surface area contributed by atoms with Gasteiger partial charge in [0, 0.05) is 23.7 Å². The highest BCUT2D eigenvalue weighted by Gasteiger charge is 2.64. The highest BCUT2D eigenvalue weighted by molar-refractivity contribution is 14.1. The molecule has 0 spiro atoms. The second-order valence-electron chi connectivity index (χ2n) is 7.36. The standard InChI is InChI=1S/C19H20IN7O3/c1-21-18(29)19-7-23-12(14(19)28)17(30-19)27-9-26-13-15(24-8-25-16(13)27)22-6-10-3-2-4-11(20)5-10/h2-5,8-9,12,14,17,23,28H,6-7H2,1H3,(H,21,29)(H,22,24,25)/t12-,14?,17+,19+/m0/s1. The van der Waals surface area contributed by atoms with E-state index in [1.54, 1.807) is 10.9 Å². The summed E-state index contributed by atoms with van der Waals surface area (Å²) in [6.07, 6.45) is 1.48. The number of ether oxygens (including phenoxy) is 1. The van der Waals surface area contributed by atoms with Crippen LogP contribution in [0.1, 0.15) is 11.8 Å². The molecular formula is C19H20IN7O3. The molecule has 4 atom stereocenters. The van der Waals surface area contributed by atoms with Gasteiger partial charge in [-0.05, 0) is 40.3 Å². The number of aromatic nitrogens is 4. The van der Waals surface area contributed by atoms with Gasteiger partial charge in [0.05, 0.1) is 12.4 Å². The van der Waals surface area contributed by atoms with Crippen molar-refractivity contribution in [3.8, 4) is 0 Å². The van der Waals surface area contributed by atoms with Crippen molar-refractivity contribution in [1.82, 2.24) is 30.2 Å². The Hall–Kier alpha value is -2.35. The predicted molar refractivity (Wildman–Crippen MR) is 117 cm³/mol. The number of nitrogens with one attached hydrogen (secondary N) is 3. The van der Waals surface area contributed by atoms with Crippen LogP contribution in [0, 0.1) is 3.57 Å². The van der Waals surface area contributed by atoms with E-state index in [0.717, 1.165) is 9.13 Å². The van der Waals surface area contributed by atoms with E-state index in [0.29, 0.717) is 23.5 Å². The molecule has 3 aromatic rings. The summed E-state index contributed by atoms with van der Waals surface area (Å²) in [5.41, 5.74) is 0.968. The van der Waals surface area contributed by atoms with Crippen LogP contribution in [0.3, 0.4) is 0 Å². The summed E-state index contributed by atoms with van der Waals surface area (Å²) < 4.78 is 8.96. The molecule has 156 valence electrons. The number of imidazole rings is 1. The molecule has 4 N–H and O–H groups in total. The number of anilines is 1. The fourth-order valence-electron chi connectivity index (χ4n) is 4.14.